The summed E-state index contributed by atoms with van der Waals surface area (Å²) in [4.78, 5) is 24.3. The number of aromatic nitrogens is 3. The molecule has 0 atom stereocenters. The third kappa shape index (κ3) is 3.65. The highest BCUT2D eigenvalue weighted by Crippen LogP contribution is 2.26. The van der Waals surface area contributed by atoms with Crippen LogP contribution in [-0.4, -0.2) is 20.9 Å². The molecular weight excluding hydrogens is 350 g/mol. The van der Waals surface area contributed by atoms with Crippen LogP contribution in [0.4, 0.5) is 11.6 Å². The summed E-state index contributed by atoms with van der Waals surface area (Å²) in [7, 11) is 0. The maximum Gasteiger partial charge on any atom is 0.228 e. The molecule has 0 saturated carbocycles. The molecule has 26 heavy (non-hydrogen) atoms. The second-order valence-electron chi connectivity index (χ2n) is 6.10. The molecule has 0 radical (unpaired) electrons. The average molecular weight is 366 g/mol. The number of carbonyl (C=O) groups excluding carboxylic acids is 1. The molecule has 3 heterocycles. The quantitative estimate of drug-likeness (QED) is 0.725. The number of amides is 1. The van der Waals surface area contributed by atoms with Gasteiger partial charge in [0.15, 0.2) is 0 Å². The summed E-state index contributed by atoms with van der Waals surface area (Å²) < 4.78 is 0. The first-order chi connectivity index (χ1) is 12.7. The molecule has 1 aliphatic rings. The smallest absolute Gasteiger partial charge is 0.228 e. The lowest BCUT2D eigenvalue weighted by atomic mass is 10.0. The summed E-state index contributed by atoms with van der Waals surface area (Å²) in [5.74, 6) is 0.547. The Kier molecular flexibility index (Phi) is 4.50. The first-order valence-corrected chi connectivity index (χ1v) is 8.61. The molecule has 0 bridgehead atoms. The van der Waals surface area contributed by atoms with Gasteiger partial charge in [0.1, 0.15) is 0 Å². The average Bonchev–Trinajstić information content (AvgIpc) is 3.02. The SMILES string of the molecule is O=C1Cc2cc(Cc3nc(NCc4cccnc4)ncc3Cl)ccc2N1. The van der Waals surface area contributed by atoms with Gasteiger partial charge >= 0.3 is 0 Å². The highest BCUT2D eigenvalue weighted by Gasteiger charge is 2.18. The molecule has 130 valence electrons. The van der Waals surface area contributed by atoms with Gasteiger partial charge in [0.25, 0.3) is 0 Å². The monoisotopic (exact) mass is 365 g/mol. The van der Waals surface area contributed by atoms with Gasteiger partial charge in [-0.3, -0.25) is 9.78 Å². The standard InChI is InChI=1S/C19H16ClN5O/c20-15-11-23-19(22-10-13-2-1-5-21-9-13)25-17(15)7-12-3-4-16-14(6-12)8-18(26)24-16/h1-6,9,11H,7-8,10H2,(H,24,26)(H,22,23,25). The van der Waals surface area contributed by atoms with Crippen molar-refractivity contribution in [2.45, 2.75) is 19.4 Å². The Labute approximate surface area is 155 Å². The second kappa shape index (κ2) is 7.09. The number of hydrogen-bond donors (Lipinski definition) is 2. The first kappa shape index (κ1) is 16.5. The summed E-state index contributed by atoms with van der Waals surface area (Å²) in [6, 6.07) is 9.79. The van der Waals surface area contributed by atoms with E-state index < -0.39 is 0 Å². The summed E-state index contributed by atoms with van der Waals surface area (Å²) in [6.45, 7) is 0.585. The molecule has 0 aliphatic carbocycles. The molecular formula is C19H16ClN5O. The normalized spacial score (nSPS) is 12.6. The lowest BCUT2D eigenvalue weighted by Crippen LogP contribution is -2.06. The fraction of sp³-hybridized carbons (Fsp3) is 0.158. The highest BCUT2D eigenvalue weighted by molar-refractivity contribution is 6.31. The Morgan fingerprint density at radius 1 is 1.19 bits per heavy atom. The molecule has 7 heteroatoms. The van der Waals surface area contributed by atoms with E-state index in [0.717, 1.165) is 28.1 Å². The van der Waals surface area contributed by atoms with Crippen LogP contribution in [0.5, 0.6) is 0 Å². The summed E-state index contributed by atoms with van der Waals surface area (Å²) in [5.41, 5.74) is 4.73. The third-order valence-corrected chi connectivity index (χ3v) is 4.47. The number of pyridine rings is 1. The Morgan fingerprint density at radius 3 is 2.96 bits per heavy atom. The van der Waals surface area contributed by atoms with E-state index in [4.69, 9.17) is 11.6 Å². The van der Waals surface area contributed by atoms with Crippen molar-refractivity contribution in [2.24, 2.45) is 0 Å². The van der Waals surface area contributed by atoms with Crippen LogP contribution < -0.4 is 10.6 Å². The van der Waals surface area contributed by atoms with E-state index in [2.05, 4.69) is 25.6 Å². The van der Waals surface area contributed by atoms with Gasteiger partial charge < -0.3 is 10.6 Å². The fourth-order valence-electron chi connectivity index (χ4n) is 2.88. The third-order valence-electron chi connectivity index (χ3n) is 4.16. The van der Waals surface area contributed by atoms with E-state index in [-0.39, 0.29) is 5.91 Å². The van der Waals surface area contributed by atoms with Gasteiger partial charge in [-0.05, 0) is 28.8 Å². The molecule has 1 amide bonds. The molecule has 2 N–H and O–H groups in total. The molecule has 6 nitrogen and oxygen atoms in total. The maximum atomic E-state index is 11.5. The predicted molar refractivity (Wildman–Crippen MR) is 100 cm³/mol. The first-order valence-electron chi connectivity index (χ1n) is 8.23. The van der Waals surface area contributed by atoms with Crippen molar-refractivity contribution in [1.29, 1.82) is 0 Å². The Bertz CT molecular complexity index is 961. The number of nitrogens with one attached hydrogen (secondary N) is 2. The van der Waals surface area contributed by atoms with Crippen molar-refractivity contribution >= 4 is 29.1 Å². The lowest BCUT2D eigenvalue weighted by molar-refractivity contribution is -0.115. The van der Waals surface area contributed by atoms with E-state index in [9.17, 15) is 4.79 Å². The molecule has 0 fully saturated rings. The summed E-state index contributed by atoms with van der Waals surface area (Å²) >= 11 is 6.27. The maximum absolute atomic E-state index is 11.5. The molecule has 2 aromatic heterocycles. The number of hydrogen-bond acceptors (Lipinski definition) is 5. The number of carbonyl (C=O) groups is 1. The predicted octanol–water partition coefficient (Wildman–Crippen LogP) is 3.22. The van der Waals surface area contributed by atoms with Gasteiger partial charge in [-0.1, -0.05) is 29.8 Å². The van der Waals surface area contributed by atoms with E-state index in [1.54, 1.807) is 18.6 Å². The fourth-order valence-corrected chi connectivity index (χ4v) is 3.04. The van der Waals surface area contributed by atoms with Crippen molar-refractivity contribution in [3.8, 4) is 0 Å². The number of nitrogens with zero attached hydrogens (tertiary/aromatic N) is 3. The molecule has 4 rings (SSSR count). The zero-order valence-electron chi connectivity index (χ0n) is 13.9. The molecule has 1 aromatic carbocycles. The minimum absolute atomic E-state index is 0.0270. The van der Waals surface area contributed by atoms with Crippen molar-refractivity contribution in [3.63, 3.8) is 0 Å². The van der Waals surface area contributed by atoms with Gasteiger partial charge in [0.2, 0.25) is 11.9 Å². The van der Waals surface area contributed by atoms with Crippen LogP contribution in [0.15, 0.2) is 48.9 Å². The van der Waals surface area contributed by atoms with E-state index >= 15 is 0 Å². The molecule has 0 saturated heterocycles. The second-order valence-corrected chi connectivity index (χ2v) is 6.50. The van der Waals surface area contributed by atoms with Crippen molar-refractivity contribution in [3.05, 3.63) is 76.3 Å². The Morgan fingerprint density at radius 2 is 2.12 bits per heavy atom. The van der Waals surface area contributed by atoms with Gasteiger partial charge in [0, 0.05) is 31.0 Å². The summed E-state index contributed by atoms with van der Waals surface area (Å²) in [5, 5.41) is 6.54. The van der Waals surface area contributed by atoms with Crippen LogP contribution in [-0.2, 0) is 24.2 Å². The largest absolute Gasteiger partial charge is 0.350 e. The Balaban J connectivity index is 1.50. The topological polar surface area (TPSA) is 79.8 Å². The van der Waals surface area contributed by atoms with Crippen LogP contribution in [0.2, 0.25) is 5.02 Å². The minimum atomic E-state index is 0.0270. The molecule has 3 aromatic rings. The van der Waals surface area contributed by atoms with E-state index in [0.29, 0.717) is 30.4 Å². The number of fused-ring (bicyclic) bond motifs is 1. The van der Waals surface area contributed by atoms with Crippen LogP contribution >= 0.6 is 11.6 Å². The van der Waals surface area contributed by atoms with Crippen LogP contribution in [0, 0.1) is 0 Å². The zero-order chi connectivity index (χ0) is 17.9. The van der Waals surface area contributed by atoms with Crippen LogP contribution in [0.25, 0.3) is 0 Å². The minimum Gasteiger partial charge on any atom is -0.350 e. The van der Waals surface area contributed by atoms with Crippen molar-refractivity contribution in [2.75, 3.05) is 10.6 Å². The van der Waals surface area contributed by atoms with E-state index in [1.807, 2.05) is 30.3 Å². The zero-order valence-corrected chi connectivity index (χ0v) is 14.6. The number of benzene rings is 1. The van der Waals surface area contributed by atoms with Crippen LogP contribution in [0.3, 0.4) is 0 Å². The van der Waals surface area contributed by atoms with Gasteiger partial charge in [-0.2, -0.15) is 0 Å². The van der Waals surface area contributed by atoms with Gasteiger partial charge in [-0.25, -0.2) is 9.97 Å². The molecule has 1 aliphatic heterocycles. The summed E-state index contributed by atoms with van der Waals surface area (Å²) in [6.07, 6.45) is 6.13. The van der Waals surface area contributed by atoms with Crippen molar-refractivity contribution < 1.29 is 4.79 Å². The molecule has 0 spiro atoms. The number of halogens is 1. The lowest BCUT2D eigenvalue weighted by Gasteiger charge is -2.09. The Hall–Kier alpha value is -2.99. The number of rotatable bonds is 5. The van der Waals surface area contributed by atoms with E-state index in [1.165, 1.54) is 0 Å². The number of anilines is 2. The van der Waals surface area contributed by atoms with Crippen molar-refractivity contribution in [1.82, 2.24) is 15.0 Å². The highest BCUT2D eigenvalue weighted by atomic mass is 35.5. The molecule has 0 unspecified atom stereocenters. The van der Waals surface area contributed by atoms with Crippen LogP contribution in [0.1, 0.15) is 22.4 Å². The van der Waals surface area contributed by atoms with Gasteiger partial charge in [0.05, 0.1) is 23.3 Å². The van der Waals surface area contributed by atoms with Gasteiger partial charge in [-0.15, -0.1) is 0 Å².